The second kappa shape index (κ2) is 10.5. The van der Waals surface area contributed by atoms with Crippen molar-refractivity contribution in [3.8, 4) is 11.5 Å². The number of alkyl carbamates (subject to hydrolysis) is 1. The van der Waals surface area contributed by atoms with Crippen molar-refractivity contribution in [2.24, 2.45) is 0 Å². The Morgan fingerprint density at radius 1 is 1.31 bits per heavy atom. The molecule has 2 atom stereocenters. The standard InChI is InChI=1S/C25H35N5O6/c1-14(2)29(24(33)34)20-12-15(3)30(16(4)31)19-9-8-17(13-18(19)20)22-27-21(28-36-22)10-11-26-23(32)35-25(5,6)7/h8-9,13-15,20H,10-12H2,1-7H3,(H,26,32)(H,33,34)/t15-,20+/m0/s1. The molecule has 0 bridgehead atoms. The maximum atomic E-state index is 12.4. The van der Waals surface area contributed by atoms with E-state index in [1.165, 1.54) is 11.8 Å². The number of anilines is 1. The highest BCUT2D eigenvalue weighted by Crippen LogP contribution is 2.43. The Labute approximate surface area is 210 Å². The van der Waals surface area contributed by atoms with Crippen LogP contribution in [0.5, 0.6) is 0 Å². The van der Waals surface area contributed by atoms with Gasteiger partial charge in [-0.1, -0.05) is 5.16 Å². The minimum absolute atomic E-state index is 0.112. The van der Waals surface area contributed by atoms with Crippen molar-refractivity contribution in [3.63, 3.8) is 0 Å². The molecule has 0 saturated carbocycles. The van der Waals surface area contributed by atoms with Gasteiger partial charge in [0.15, 0.2) is 5.82 Å². The molecule has 2 N–H and O–H groups in total. The number of carbonyl (C=O) groups is 3. The van der Waals surface area contributed by atoms with Crippen LogP contribution in [0.2, 0.25) is 0 Å². The molecule has 1 aliphatic heterocycles. The molecule has 0 aliphatic carbocycles. The molecule has 1 aromatic carbocycles. The molecule has 2 heterocycles. The topological polar surface area (TPSA) is 138 Å². The summed E-state index contributed by atoms with van der Waals surface area (Å²) in [5.74, 6) is 0.561. The van der Waals surface area contributed by atoms with Crippen LogP contribution in [0.15, 0.2) is 22.7 Å². The Balaban J connectivity index is 1.86. The zero-order valence-corrected chi connectivity index (χ0v) is 21.9. The van der Waals surface area contributed by atoms with Crippen LogP contribution in [-0.2, 0) is 16.0 Å². The molecule has 0 spiro atoms. The third-order valence-corrected chi connectivity index (χ3v) is 5.84. The second-order valence-electron chi connectivity index (χ2n) is 10.2. The fourth-order valence-electron chi connectivity index (χ4n) is 4.49. The molecule has 3 rings (SSSR count). The normalized spacial score (nSPS) is 17.5. The second-order valence-corrected chi connectivity index (χ2v) is 10.2. The molecule has 0 fully saturated rings. The quantitative estimate of drug-likeness (QED) is 0.595. The number of amides is 3. The van der Waals surface area contributed by atoms with Crippen molar-refractivity contribution in [1.29, 1.82) is 0 Å². The van der Waals surface area contributed by atoms with Crippen molar-refractivity contribution in [3.05, 3.63) is 29.6 Å². The van der Waals surface area contributed by atoms with Gasteiger partial charge in [0.1, 0.15) is 5.60 Å². The summed E-state index contributed by atoms with van der Waals surface area (Å²) in [6.45, 7) is 12.7. The number of hydrogen-bond donors (Lipinski definition) is 2. The van der Waals surface area contributed by atoms with Gasteiger partial charge in [-0.2, -0.15) is 4.98 Å². The first-order valence-corrected chi connectivity index (χ1v) is 12.0. The summed E-state index contributed by atoms with van der Waals surface area (Å²) in [6, 6.07) is 4.52. The Bertz CT molecular complexity index is 1120. The molecule has 0 saturated heterocycles. The van der Waals surface area contributed by atoms with Gasteiger partial charge in [0.25, 0.3) is 5.89 Å². The molecule has 1 aromatic heterocycles. The molecular weight excluding hydrogens is 466 g/mol. The summed E-state index contributed by atoms with van der Waals surface area (Å²) < 4.78 is 10.7. The van der Waals surface area contributed by atoms with E-state index in [2.05, 4.69) is 15.5 Å². The van der Waals surface area contributed by atoms with Gasteiger partial charge in [-0.25, -0.2) is 9.59 Å². The van der Waals surface area contributed by atoms with E-state index in [1.54, 1.807) is 37.8 Å². The minimum Gasteiger partial charge on any atom is -0.465 e. The van der Waals surface area contributed by atoms with Crippen molar-refractivity contribution < 1.29 is 28.8 Å². The molecule has 2 aromatic rings. The van der Waals surface area contributed by atoms with E-state index in [0.717, 1.165) is 0 Å². The lowest BCUT2D eigenvalue weighted by molar-refractivity contribution is -0.117. The highest BCUT2D eigenvalue weighted by molar-refractivity contribution is 5.94. The zero-order valence-electron chi connectivity index (χ0n) is 21.9. The van der Waals surface area contributed by atoms with E-state index < -0.39 is 23.8 Å². The van der Waals surface area contributed by atoms with Crippen LogP contribution < -0.4 is 10.2 Å². The number of carboxylic acid groups (broad SMARTS) is 1. The minimum atomic E-state index is -1.02. The molecular formula is C25H35N5O6. The number of carbonyl (C=O) groups excluding carboxylic acids is 2. The van der Waals surface area contributed by atoms with Crippen molar-refractivity contribution in [1.82, 2.24) is 20.4 Å². The van der Waals surface area contributed by atoms with Gasteiger partial charge in [0, 0.05) is 43.2 Å². The molecule has 1 aliphatic rings. The van der Waals surface area contributed by atoms with Gasteiger partial charge in [-0.15, -0.1) is 0 Å². The van der Waals surface area contributed by atoms with Crippen LogP contribution in [0.1, 0.15) is 72.3 Å². The molecule has 3 amide bonds. The molecule has 11 nitrogen and oxygen atoms in total. The SMILES string of the molecule is CC(=O)N1c2ccc(-c3nc(CCNC(=O)OC(C)(C)C)no3)cc2[C@H](N(C(=O)O)C(C)C)C[C@@H]1C. The first kappa shape index (κ1) is 27.0. The van der Waals surface area contributed by atoms with E-state index >= 15 is 0 Å². The number of nitrogens with zero attached hydrogens (tertiary/aromatic N) is 4. The lowest BCUT2D eigenvalue weighted by atomic mass is 9.88. The van der Waals surface area contributed by atoms with Crippen LogP contribution in [0.4, 0.5) is 15.3 Å². The Morgan fingerprint density at radius 2 is 2.00 bits per heavy atom. The summed E-state index contributed by atoms with van der Waals surface area (Å²) in [6.07, 6.45) is -0.741. The van der Waals surface area contributed by atoms with Crippen LogP contribution in [0.25, 0.3) is 11.5 Å². The third kappa shape index (κ3) is 6.13. The van der Waals surface area contributed by atoms with Crippen LogP contribution in [0, 0.1) is 0 Å². The maximum Gasteiger partial charge on any atom is 0.408 e. The summed E-state index contributed by atoms with van der Waals surface area (Å²) in [7, 11) is 0. The summed E-state index contributed by atoms with van der Waals surface area (Å²) in [5, 5.41) is 16.6. The number of aromatic nitrogens is 2. The van der Waals surface area contributed by atoms with E-state index in [1.807, 2.05) is 26.8 Å². The smallest absolute Gasteiger partial charge is 0.408 e. The largest absolute Gasteiger partial charge is 0.465 e. The monoisotopic (exact) mass is 501 g/mol. The Kier molecular flexibility index (Phi) is 7.90. The molecule has 0 radical (unpaired) electrons. The van der Waals surface area contributed by atoms with Gasteiger partial charge in [0.2, 0.25) is 5.91 Å². The number of fused-ring (bicyclic) bond motifs is 1. The van der Waals surface area contributed by atoms with E-state index in [0.29, 0.717) is 35.5 Å². The van der Waals surface area contributed by atoms with Gasteiger partial charge < -0.3 is 24.6 Å². The number of ether oxygens (including phenoxy) is 1. The molecule has 11 heteroatoms. The van der Waals surface area contributed by atoms with Crippen molar-refractivity contribution >= 4 is 23.8 Å². The third-order valence-electron chi connectivity index (χ3n) is 5.84. The average molecular weight is 502 g/mol. The summed E-state index contributed by atoms with van der Waals surface area (Å²) in [5.41, 5.74) is 1.41. The van der Waals surface area contributed by atoms with Crippen LogP contribution >= 0.6 is 0 Å². The van der Waals surface area contributed by atoms with E-state index in [-0.39, 0.29) is 30.4 Å². The number of hydrogen-bond acceptors (Lipinski definition) is 7. The average Bonchev–Trinajstić information content (AvgIpc) is 3.20. The first-order chi connectivity index (χ1) is 16.8. The lowest BCUT2D eigenvalue weighted by Gasteiger charge is -2.43. The highest BCUT2D eigenvalue weighted by atomic mass is 16.6. The summed E-state index contributed by atoms with van der Waals surface area (Å²) >= 11 is 0. The van der Waals surface area contributed by atoms with Gasteiger partial charge in [-0.05, 0) is 71.7 Å². The Hall–Kier alpha value is -3.63. The van der Waals surface area contributed by atoms with Crippen LogP contribution in [-0.4, -0.2) is 62.5 Å². The fourth-order valence-corrected chi connectivity index (χ4v) is 4.49. The Morgan fingerprint density at radius 3 is 2.58 bits per heavy atom. The predicted octanol–water partition coefficient (Wildman–Crippen LogP) is 4.38. The number of nitrogens with one attached hydrogen (secondary N) is 1. The molecule has 0 unspecified atom stereocenters. The lowest BCUT2D eigenvalue weighted by Crippen LogP contribution is -2.48. The van der Waals surface area contributed by atoms with Gasteiger partial charge in [-0.3, -0.25) is 9.69 Å². The molecule has 36 heavy (non-hydrogen) atoms. The maximum absolute atomic E-state index is 12.4. The summed E-state index contributed by atoms with van der Waals surface area (Å²) in [4.78, 5) is 43.9. The first-order valence-electron chi connectivity index (χ1n) is 12.0. The van der Waals surface area contributed by atoms with Crippen molar-refractivity contribution in [2.45, 2.75) is 85.0 Å². The van der Waals surface area contributed by atoms with Gasteiger partial charge in [0.05, 0.1) is 6.04 Å². The van der Waals surface area contributed by atoms with Crippen LogP contribution in [0.3, 0.4) is 0 Å². The zero-order chi connectivity index (χ0) is 26.8. The highest BCUT2D eigenvalue weighted by Gasteiger charge is 2.38. The fraction of sp³-hybridized carbons (Fsp3) is 0.560. The van der Waals surface area contributed by atoms with Gasteiger partial charge >= 0.3 is 12.2 Å². The van der Waals surface area contributed by atoms with Crippen molar-refractivity contribution in [2.75, 3.05) is 11.4 Å². The molecule has 196 valence electrons. The van der Waals surface area contributed by atoms with E-state index in [9.17, 15) is 19.5 Å². The number of benzene rings is 1. The predicted molar refractivity (Wildman–Crippen MR) is 133 cm³/mol. The number of rotatable bonds is 6. The van der Waals surface area contributed by atoms with E-state index in [4.69, 9.17) is 9.26 Å².